The molecule has 1 aromatic carbocycles. The van der Waals surface area contributed by atoms with Gasteiger partial charge >= 0.3 is 0 Å². The van der Waals surface area contributed by atoms with E-state index in [1.165, 1.54) is 0 Å². The first-order valence-electron chi connectivity index (χ1n) is 19.4. The largest absolute Gasteiger partial charge is 0.394 e. The van der Waals surface area contributed by atoms with Gasteiger partial charge in [-0.1, -0.05) is 80.4 Å². The molecule has 4 rings (SSSR count). The zero-order valence-corrected chi connectivity index (χ0v) is 31.8. The molecular formula is C42H58N6O6. The number of hydrogen-bond acceptors (Lipinski definition) is 10. The average Bonchev–Trinajstić information content (AvgIpc) is 3.52. The monoisotopic (exact) mass is 742 g/mol. The number of para-hydroxylation sites is 1. The Morgan fingerprint density at radius 2 is 1.41 bits per heavy atom. The van der Waals surface area contributed by atoms with Crippen LogP contribution >= 0.6 is 0 Å². The summed E-state index contributed by atoms with van der Waals surface area (Å²) in [5, 5.41) is 44.0. The van der Waals surface area contributed by atoms with Gasteiger partial charge in [0.2, 0.25) is 11.8 Å². The molecule has 6 N–H and O–H groups in total. The van der Waals surface area contributed by atoms with E-state index in [0.29, 0.717) is 66.4 Å². The fraction of sp³-hybridized carbons (Fsp3) is 0.500. The van der Waals surface area contributed by atoms with E-state index in [1.54, 1.807) is 19.3 Å². The van der Waals surface area contributed by atoms with Gasteiger partial charge in [-0.25, -0.2) is 4.98 Å². The first-order chi connectivity index (χ1) is 26.3. The normalized spacial score (nSPS) is 13.5. The van der Waals surface area contributed by atoms with Crippen LogP contribution in [0.2, 0.25) is 0 Å². The summed E-state index contributed by atoms with van der Waals surface area (Å²) in [6, 6.07) is 18.3. The lowest BCUT2D eigenvalue weighted by molar-refractivity contribution is -0.121. The molecule has 54 heavy (non-hydrogen) atoms. The van der Waals surface area contributed by atoms with Crippen molar-refractivity contribution in [3.05, 3.63) is 101 Å². The third-order valence-electron chi connectivity index (χ3n) is 9.71. The van der Waals surface area contributed by atoms with Crippen molar-refractivity contribution in [1.29, 1.82) is 0 Å². The van der Waals surface area contributed by atoms with Gasteiger partial charge < -0.3 is 35.8 Å². The number of benzene rings is 1. The van der Waals surface area contributed by atoms with Crippen molar-refractivity contribution >= 4 is 23.3 Å². The van der Waals surface area contributed by atoms with Crippen molar-refractivity contribution in [3.8, 4) is 0 Å². The molecule has 2 amide bonds. The summed E-state index contributed by atoms with van der Waals surface area (Å²) in [7, 11) is 0. The Labute approximate surface area is 319 Å². The zero-order valence-electron chi connectivity index (χ0n) is 31.8. The predicted octanol–water partition coefficient (Wildman–Crippen LogP) is 7.23. The number of unbranched alkanes of at least 4 members (excludes halogenated alkanes) is 8. The highest BCUT2D eigenvalue weighted by Gasteiger charge is 2.37. The molecule has 12 nitrogen and oxygen atoms in total. The van der Waals surface area contributed by atoms with Crippen molar-refractivity contribution < 1.29 is 29.4 Å². The minimum atomic E-state index is -1.04. The third kappa shape index (κ3) is 13.6. The van der Waals surface area contributed by atoms with Crippen molar-refractivity contribution in [3.63, 3.8) is 0 Å². The Morgan fingerprint density at radius 3 is 2.06 bits per heavy atom. The van der Waals surface area contributed by atoms with Gasteiger partial charge in [0.15, 0.2) is 0 Å². The highest BCUT2D eigenvalue weighted by Crippen LogP contribution is 2.45. The number of nitrogens with one attached hydrogen (secondary N) is 3. The van der Waals surface area contributed by atoms with Crippen LogP contribution in [0.15, 0.2) is 77.6 Å². The lowest BCUT2D eigenvalue weighted by Crippen LogP contribution is -2.28. The highest BCUT2D eigenvalue weighted by molar-refractivity contribution is 5.91. The first kappa shape index (κ1) is 42.1. The Hall–Kier alpha value is -4.65. The predicted molar refractivity (Wildman–Crippen MR) is 210 cm³/mol. The Bertz CT molecular complexity index is 1650. The summed E-state index contributed by atoms with van der Waals surface area (Å²) in [6.45, 7) is 4.00. The lowest BCUT2D eigenvalue weighted by atomic mass is 9.81. The number of aromatic nitrogens is 3. The molecule has 0 aliphatic carbocycles. The van der Waals surface area contributed by atoms with E-state index in [4.69, 9.17) is 9.63 Å². The summed E-state index contributed by atoms with van der Waals surface area (Å²) in [4.78, 5) is 34.4. The fourth-order valence-corrected chi connectivity index (χ4v) is 6.80. The Morgan fingerprint density at radius 1 is 0.759 bits per heavy atom. The number of anilines is 2. The van der Waals surface area contributed by atoms with Gasteiger partial charge in [-0.3, -0.25) is 14.6 Å². The number of carbonyl (C=O) groups excluding carboxylic acids is 2. The second-order valence-electron chi connectivity index (χ2n) is 13.9. The number of rotatable bonds is 25. The molecule has 3 heterocycles. The number of carbonyl (C=O) groups is 2. The van der Waals surface area contributed by atoms with Crippen molar-refractivity contribution in [1.82, 2.24) is 20.4 Å². The number of aliphatic hydroxyl groups excluding tert-OH is 3. The van der Waals surface area contributed by atoms with Crippen LogP contribution in [0.3, 0.4) is 0 Å². The van der Waals surface area contributed by atoms with Crippen LogP contribution in [0.4, 0.5) is 11.5 Å². The Kier molecular flexibility index (Phi) is 18.1. The van der Waals surface area contributed by atoms with Gasteiger partial charge in [-0.05, 0) is 75.4 Å². The van der Waals surface area contributed by atoms with Crippen LogP contribution in [-0.4, -0.2) is 61.5 Å². The molecule has 0 spiro atoms. The van der Waals surface area contributed by atoms with Gasteiger partial charge in [0.1, 0.15) is 11.6 Å². The third-order valence-corrected chi connectivity index (χ3v) is 9.71. The van der Waals surface area contributed by atoms with Gasteiger partial charge in [-0.15, -0.1) is 0 Å². The summed E-state index contributed by atoms with van der Waals surface area (Å²) in [5.74, 6) is 0.471. The van der Waals surface area contributed by atoms with E-state index < -0.39 is 24.2 Å². The maximum atomic E-state index is 13.3. The van der Waals surface area contributed by atoms with Crippen LogP contribution < -0.4 is 16.0 Å². The lowest BCUT2D eigenvalue weighted by Gasteiger charge is -2.33. The second-order valence-corrected chi connectivity index (χ2v) is 13.9. The van der Waals surface area contributed by atoms with Gasteiger partial charge in [0.05, 0.1) is 36.5 Å². The SMILES string of the molecule is Cc1noc(C)c1C(O)C(c1ccccn1)C(Nc1ccccn1)c1ccccc1NC(=O)CCCCCCCCCCCNC(=O)CCCC(O)CO. The highest BCUT2D eigenvalue weighted by atomic mass is 16.5. The molecule has 0 fully saturated rings. The molecule has 0 saturated heterocycles. The van der Waals surface area contributed by atoms with Crippen molar-refractivity contribution in [2.75, 3.05) is 23.8 Å². The van der Waals surface area contributed by atoms with Crippen molar-refractivity contribution in [2.24, 2.45) is 0 Å². The molecule has 4 unspecified atom stereocenters. The van der Waals surface area contributed by atoms with Gasteiger partial charge in [0, 0.05) is 48.7 Å². The molecule has 0 aliphatic heterocycles. The van der Waals surface area contributed by atoms with Gasteiger partial charge in [-0.2, -0.15) is 0 Å². The number of aliphatic hydroxyl groups is 3. The average molecular weight is 743 g/mol. The van der Waals surface area contributed by atoms with E-state index in [-0.39, 0.29) is 18.4 Å². The maximum absolute atomic E-state index is 13.3. The summed E-state index contributed by atoms with van der Waals surface area (Å²) in [5.41, 5.74) is 3.30. The molecule has 12 heteroatoms. The number of amides is 2. The zero-order chi connectivity index (χ0) is 38.5. The number of nitrogens with zero attached hydrogens (tertiary/aromatic N) is 3. The minimum absolute atomic E-state index is 0.00147. The summed E-state index contributed by atoms with van der Waals surface area (Å²) >= 11 is 0. The molecule has 0 aliphatic rings. The summed E-state index contributed by atoms with van der Waals surface area (Å²) in [6.07, 6.45) is 12.9. The van der Waals surface area contributed by atoms with Crippen LogP contribution in [0.25, 0.3) is 0 Å². The van der Waals surface area contributed by atoms with Crippen LogP contribution in [0.1, 0.15) is 130 Å². The fourth-order valence-electron chi connectivity index (χ4n) is 6.80. The molecule has 292 valence electrons. The van der Waals surface area contributed by atoms with Crippen molar-refractivity contribution in [2.45, 2.75) is 121 Å². The first-order valence-corrected chi connectivity index (χ1v) is 19.4. The molecule has 0 radical (unpaired) electrons. The number of pyridine rings is 2. The molecule has 4 aromatic rings. The molecule has 4 atom stereocenters. The van der Waals surface area contributed by atoms with Crippen LogP contribution in [-0.2, 0) is 9.59 Å². The molecule has 0 bridgehead atoms. The van der Waals surface area contributed by atoms with E-state index in [2.05, 4.69) is 31.1 Å². The smallest absolute Gasteiger partial charge is 0.224 e. The molecule has 3 aromatic heterocycles. The van der Waals surface area contributed by atoms with E-state index in [1.807, 2.05) is 67.6 Å². The van der Waals surface area contributed by atoms with Crippen LogP contribution in [0, 0.1) is 13.8 Å². The van der Waals surface area contributed by atoms with E-state index in [0.717, 1.165) is 63.4 Å². The molecular weight excluding hydrogens is 684 g/mol. The number of aryl methyl sites for hydroxylation is 2. The second kappa shape index (κ2) is 23.2. The minimum Gasteiger partial charge on any atom is -0.394 e. The van der Waals surface area contributed by atoms with E-state index in [9.17, 15) is 19.8 Å². The standard InChI is InChI=1S/C42H58N6O6/c1-30-39(31(2)54-48-30)42(53)40(35-22-13-16-26-43-35)41(47-36-23-14-17-27-44-36)33-20-11-12-21-34(33)46-38(52)24-10-8-6-4-3-5-7-9-15-28-45-37(51)25-18-19-32(50)29-49/h11-14,16-17,20-23,26-27,32,40-42,49-50,53H,3-10,15,18-19,24-25,28-29H2,1-2H3,(H,44,47)(H,45,51)(H,46,52). The summed E-state index contributed by atoms with van der Waals surface area (Å²) < 4.78 is 5.46. The molecule has 0 saturated carbocycles. The quantitative estimate of drug-likeness (QED) is 0.0379. The van der Waals surface area contributed by atoms with E-state index >= 15 is 0 Å². The number of hydrogen-bond donors (Lipinski definition) is 6. The maximum Gasteiger partial charge on any atom is 0.224 e. The van der Waals surface area contributed by atoms with Gasteiger partial charge in [0.25, 0.3) is 0 Å². The Balaban J connectivity index is 1.28. The van der Waals surface area contributed by atoms with Crippen LogP contribution in [0.5, 0.6) is 0 Å². The topological polar surface area (TPSA) is 183 Å².